The van der Waals surface area contributed by atoms with Crippen molar-refractivity contribution < 1.29 is 13.9 Å². The smallest absolute Gasteiger partial charge is 0.167 e. The molecule has 1 fully saturated rings. The van der Waals surface area contributed by atoms with E-state index < -0.39 is 5.82 Å². The first-order chi connectivity index (χ1) is 13.3. The molecule has 0 radical (unpaired) electrons. The number of ether oxygens (including phenoxy) is 2. The number of anilines is 1. The number of hydrogen-bond acceptors (Lipinski definition) is 7. The molecular formula is C19H21FN4O2S. The molecular weight excluding hydrogens is 367 g/mol. The summed E-state index contributed by atoms with van der Waals surface area (Å²) < 4.78 is 24.6. The van der Waals surface area contributed by atoms with E-state index in [-0.39, 0.29) is 11.8 Å². The quantitative estimate of drug-likeness (QED) is 0.699. The molecule has 4 rings (SSSR count). The van der Waals surface area contributed by atoms with E-state index >= 15 is 0 Å². The maximum Gasteiger partial charge on any atom is 0.167 e. The minimum atomic E-state index is -0.431. The highest BCUT2D eigenvalue weighted by Gasteiger charge is 2.23. The Morgan fingerprint density at radius 1 is 1.33 bits per heavy atom. The molecule has 27 heavy (non-hydrogen) atoms. The lowest BCUT2D eigenvalue weighted by Gasteiger charge is -2.34. The second-order valence-corrected chi connectivity index (χ2v) is 7.27. The molecule has 1 aliphatic rings. The van der Waals surface area contributed by atoms with Crippen LogP contribution in [0.25, 0.3) is 10.9 Å². The van der Waals surface area contributed by atoms with E-state index in [1.807, 2.05) is 0 Å². The lowest BCUT2D eigenvalue weighted by atomic mass is 10.1. The SMILES string of the molecule is COc1cc2c(NCC(c3cccs3)N3CCOCC3)ncnc2cc1F. The first kappa shape index (κ1) is 18.1. The first-order valence-electron chi connectivity index (χ1n) is 8.83. The van der Waals surface area contributed by atoms with Crippen molar-refractivity contribution in [3.8, 4) is 5.75 Å². The molecule has 1 atom stereocenters. The van der Waals surface area contributed by atoms with E-state index in [4.69, 9.17) is 9.47 Å². The summed E-state index contributed by atoms with van der Waals surface area (Å²) in [6.07, 6.45) is 1.45. The molecule has 1 aromatic carbocycles. The van der Waals surface area contributed by atoms with Crippen molar-refractivity contribution in [2.45, 2.75) is 6.04 Å². The number of methoxy groups -OCH3 is 1. The molecule has 0 spiro atoms. The second kappa shape index (κ2) is 8.16. The lowest BCUT2D eigenvalue weighted by molar-refractivity contribution is 0.0194. The number of hydrogen-bond donors (Lipinski definition) is 1. The number of thiophene rings is 1. The van der Waals surface area contributed by atoms with Gasteiger partial charge in [-0.1, -0.05) is 6.07 Å². The molecule has 3 heterocycles. The summed E-state index contributed by atoms with van der Waals surface area (Å²) in [5.41, 5.74) is 0.546. The number of aromatic nitrogens is 2. The predicted octanol–water partition coefficient (Wildman–Crippen LogP) is 3.32. The molecule has 142 valence electrons. The van der Waals surface area contributed by atoms with Gasteiger partial charge < -0.3 is 14.8 Å². The minimum Gasteiger partial charge on any atom is -0.494 e. The van der Waals surface area contributed by atoms with E-state index in [9.17, 15) is 4.39 Å². The maximum absolute atomic E-state index is 14.0. The first-order valence-corrected chi connectivity index (χ1v) is 9.71. The highest BCUT2D eigenvalue weighted by molar-refractivity contribution is 7.10. The summed E-state index contributed by atoms with van der Waals surface area (Å²) in [6, 6.07) is 7.47. The number of benzene rings is 1. The van der Waals surface area contributed by atoms with E-state index in [1.54, 1.807) is 17.4 Å². The Morgan fingerprint density at radius 3 is 2.93 bits per heavy atom. The molecule has 1 N–H and O–H groups in total. The molecule has 3 aromatic rings. The van der Waals surface area contributed by atoms with Crippen LogP contribution in [0, 0.1) is 5.82 Å². The predicted molar refractivity (Wildman–Crippen MR) is 104 cm³/mol. The molecule has 1 aliphatic heterocycles. The van der Waals surface area contributed by atoms with Crippen LogP contribution in [0.1, 0.15) is 10.9 Å². The van der Waals surface area contributed by atoms with Gasteiger partial charge in [0.05, 0.1) is 31.9 Å². The van der Waals surface area contributed by atoms with Crippen LogP contribution >= 0.6 is 11.3 Å². The molecule has 0 saturated carbocycles. The number of halogens is 1. The minimum absolute atomic E-state index is 0.184. The van der Waals surface area contributed by atoms with Crippen molar-refractivity contribution >= 4 is 28.1 Å². The summed E-state index contributed by atoms with van der Waals surface area (Å²) in [5, 5.41) is 6.27. The zero-order valence-corrected chi connectivity index (χ0v) is 15.8. The summed E-state index contributed by atoms with van der Waals surface area (Å²) in [4.78, 5) is 12.3. The molecule has 8 heteroatoms. The third-order valence-corrected chi connectivity index (χ3v) is 5.70. The van der Waals surface area contributed by atoms with Crippen LogP contribution in [0.15, 0.2) is 36.0 Å². The van der Waals surface area contributed by atoms with Gasteiger partial charge in [0.15, 0.2) is 11.6 Å². The Balaban J connectivity index is 1.60. The molecule has 6 nitrogen and oxygen atoms in total. The fraction of sp³-hybridized carbons (Fsp3) is 0.368. The summed E-state index contributed by atoms with van der Waals surface area (Å²) in [6.45, 7) is 3.97. The van der Waals surface area contributed by atoms with E-state index in [0.29, 0.717) is 17.9 Å². The Morgan fingerprint density at radius 2 is 2.19 bits per heavy atom. The average Bonchev–Trinajstić information content (AvgIpc) is 3.23. The number of nitrogens with zero attached hydrogens (tertiary/aromatic N) is 3. The van der Waals surface area contributed by atoms with Crippen LogP contribution in [-0.4, -0.2) is 54.8 Å². The normalized spacial score (nSPS) is 16.4. The molecule has 1 saturated heterocycles. The van der Waals surface area contributed by atoms with Gasteiger partial charge in [0, 0.05) is 36.0 Å². The Hall–Kier alpha value is -2.29. The van der Waals surface area contributed by atoms with Crippen molar-refractivity contribution in [1.82, 2.24) is 14.9 Å². The number of rotatable bonds is 6. The van der Waals surface area contributed by atoms with Gasteiger partial charge >= 0.3 is 0 Å². The van der Waals surface area contributed by atoms with E-state index in [1.165, 1.54) is 24.4 Å². The van der Waals surface area contributed by atoms with Gasteiger partial charge in [0.25, 0.3) is 0 Å². The summed E-state index contributed by atoms with van der Waals surface area (Å²) in [5.74, 6) is 0.427. The molecule has 0 aliphatic carbocycles. The Bertz CT molecular complexity index is 900. The third kappa shape index (κ3) is 3.87. The van der Waals surface area contributed by atoms with Gasteiger partial charge in [-0.25, -0.2) is 14.4 Å². The fourth-order valence-electron chi connectivity index (χ4n) is 3.33. The topological polar surface area (TPSA) is 59.5 Å². The van der Waals surface area contributed by atoms with Crippen LogP contribution < -0.4 is 10.1 Å². The lowest BCUT2D eigenvalue weighted by Crippen LogP contribution is -2.41. The average molecular weight is 388 g/mol. The van der Waals surface area contributed by atoms with Crippen molar-refractivity contribution in [3.05, 3.63) is 46.7 Å². The van der Waals surface area contributed by atoms with E-state index in [0.717, 1.165) is 31.7 Å². The monoisotopic (exact) mass is 388 g/mol. The van der Waals surface area contributed by atoms with Crippen molar-refractivity contribution in [2.24, 2.45) is 0 Å². The number of morpholine rings is 1. The largest absolute Gasteiger partial charge is 0.494 e. The molecule has 0 bridgehead atoms. The second-order valence-electron chi connectivity index (χ2n) is 6.29. The van der Waals surface area contributed by atoms with Crippen LogP contribution in [-0.2, 0) is 4.74 Å². The van der Waals surface area contributed by atoms with Crippen LogP contribution in [0.3, 0.4) is 0 Å². The van der Waals surface area contributed by atoms with Gasteiger partial charge in [-0.2, -0.15) is 0 Å². The highest BCUT2D eigenvalue weighted by Crippen LogP contribution is 2.30. The third-order valence-electron chi connectivity index (χ3n) is 4.73. The number of nitrogens with one attached hydrogen (secondary N) is 1. The maximum atomic E-state index is 14.0. The van der Waals surface area contributed by atoms with Crippen molar-refractivity contribution in [2.75, 3.05) is 45.3 Å². The van der Waals surface area contributed by atoms with Crippen LogP contribution in [0.2, 0.25) is 0 Å². The van der Waals surface area contributed by atoms with Crippen LogP contribution in [0.5, 0.6) is 5.75 Å². The van der Waals surface area contributed by atoms with Crippen molar-refractivity contribution in [3.63, 3.8) is 0 Å². The standard InChI is InChI=1S/C19H21FN4O2S/c1-25-17-9-13-15(10-14(17)20)22-12-23-19(13)21-11-16(18-3-2-8-27-18)24-4-6-26-7-5-24/h2-3,8-10,12,16H,4-7,11H2,1H3,(H,21,22,23). The zero-order chi connectivity index (χ0) is 18.6. The Labute approximate surface area is 161 Å². The van der Waals surface area contributed by atoms with Gasteiger partial charge in [-0.05, 0) is 17.5 Å². The number of fused-ring (bicyclic) bond motifs is 1. The fourth-order valence-corrected chi connectivity index (χ4v) is 4.19. The zero-order valence-electron chi connectivity index (χ0n) is 15.0. The highest BCUT2D eigenvalue weighted by atomic mass is 32.1. The molecule has 2 aromatic heterocycles. The van der Waals surface area contributed by atoms with Crippen LogP contribution in [0.4, 0.5) is 10.2 Å². The van der Waals surface area contributed by atoms with Gasteiger partial charge in [0.1, 0.15) is 12.1 Å². The molecule has 0 amide bonds. The summed E-state index contributed by atoms with van der Waals surface area (Å²) in [7, 11) is 1.45. The summed E-state index contributed by atoms with van der Waals surface area (Å²) >= 11 is 1.75. The van der Waals surface area contributed by atoms with E-state index in [2.05, 4.69) is 37.7 Å². The van der Waals surface area contributed by atoms with Gasteiger partial charge in [-0.15, -0.1) is 11.3 Å². The Kier molecular flexibility index (Phi) is 5.47. The molecule has 1 unspecified atom stereocenters. The van der Waals surface area contributed by atoms with Gasteiger partial charge in [0.2, 0.25) is 0 Å². The van der Waals surface area contributed by atoms with Gasteiger partial charge in [-0.3, -0.25) is 4.90 Å². The van der Waals surface area contributed by atoms with Crippen molar-refractivity contribution in [1.29, 1.82) is 0 Å².